The number of rotatable bonds is 4. The lowest BCUT2D eigenvalue weighted by atomic mass is 9.99. The molecule has 1 unspecified atom stereocenters. The van der Waals surface area contributed by atoms with E-state index < -0.39 is 0 Å². The Morgan fingerprint density at radius 2 is 1.81 bits per heavy atom. The normalized spacial score (nSPS) is 19.3. The second-order valence-electron chi connectivity index (χ2n) is 9.05. The molecule has 160 valence electrons. The van der Waals surface area contributed by atoms with E-state index in [9.17, 15) is 4.79 Å². The number of carbonyl (C=O) groups excluding carboxylic acids is 1. The van der Waals surface area contributed by atoms with Crippen molar-refractivity contribution in [2.75, 3.05) is 33.3 Å². The Balaban J connectivity index is 1.27. The fourth-order valence-electron chi connectivity index (χ4n) is 4.92. The number of carbonyl (C=O) groups is 1. The van der Waals surface area contributed by atoms with E-state index in [1.807, 2.05) is 29.2 Å². The van der Waals surface area contributed by atoms with Crippen LogP contribution in [0, 0.1) is 5.92 Å². The molecule has 4 nitrogen and oxygen atoms in total. The molecule has 1 amide bonds. The fourth-order valence-corrected chi connectivity index (χ4v) is 4.92. The molecule has 1 saturated heterocycles. The lowest BCUT2D eigenvalue weighted by Gasteiger charge is -2.29. The molecule has 0 radical (unpaired) electrons. The fraction of sp³-hybridized carbons (Fsp3) is 0.370. The summed E-state index contributed by atoms with van der Waals surface area (Å²) < 4.78 is 6.11. The van der Waals surface area contributed by atoms with Crippen LogP contribution < -0.4 is 4.74 Å². The molecule has 0 N–H and O–H groups in total. The van der Waals surface area contributed by atoms with Gasteiger partial charge in [-0.3, -0.25) is 4.79 Å². The topological polar surface area (TPSA) is 32.8 Å². The predicted octanol–water partition coefficient (Wildman–Crippen LogP) is 4.76. The first kappa shape index (κ1) is 20.1. The van der Waals surface area contributed by atoms with Gasteiger partial charge in [0.1, 0.15) is 5.75 Å². The molecule has 3 aromatic carbocycles. The quantitative estimate of drug-likeness (QED) is 0.617. The third-order valence-corrected chi connectivity index (χ3v) is 6.68. The maximum atomic E-state index is 13.1. The molecule has 0 aromatic heterocycles. The standard InChI is InChI=1S/C27H30N2O2/c1-28-13-4-5-20(17-28)19-31-26-11-10-22-15-24(9-8-23(22)16-26)27(30)29-14-12-21-6-2-3-7-25(21)18-29/h2-3,6-11,15-16,20H,4-5,12-14,17-19H2,1H3. The number of nitrogens with zero attached hydrogens (tertiary/aromatic N) is 2. The highest BCUT2D eigenvalue weighted by Gasteiger charge is 2.22. The van der Waals surface area contributed by atoms with Crippen molar-refractivity contribution in [3.63, 3.8) is 0 Å². The average Bonchev–Trinajstić information content (AvgIpc) is 2.81. The monoisotopic (exact) mass is 414 g/mol. The van der Waals surface area contributed by atoms with E-state index in [1.165, 1.54) is 30.5 Å². The van der Waals surface area contributed by atoms with Gasteiger partial charge >= 0.3 is 0 Å². The minimum absolute atomic E-state index is 0.109. The zero-order chi connectivity index (χ0) is 21.2. The van der Waals surface area contributed by atoms with E-state index >= 15 is 0 Å². The number of fused-ring (bicyclic) bond motifs is 2. The van der Waals surface area contributed by atoms with E-state index in [0.717, 1.165) is 48.2 Å². The van der Waals surface area contributed by atoms with Crippen molar-refractivity contribution in [1.82, 2.24) is 9.80 Å². The van der Waals surface area contributed by atoms with Crippen LogP contribution in [0.5, 0.6) is 5.75 Å². The maximum absolute atomic E-state index is 13.1. The van der Waals surface area contributed by atoms with Crippen LogP contribution >= 0.6 is 0 Å². The Labute approximate surface area is 184 Å². The molecular weight excluding hydrogens is 384 g/mol. The van der Waals surface area contributed by atoms with E-state index in [4.69, 9.17) is 4.74 Å². The molecule has 1 atom stereocenters. The Bertz CT molecular complexity index is 1090. The SMILES string of the molecule is CN1CCCC(COc2ccc3cc(C(=O)N4CCc5ccccc5C4)ccc3c2)C1. The minimum Gasteiger partial charge on any atom is -0.493 e. The number of ether oxygens (including phenoxy) is 1. The molecule has 0 saturated carbocycles. The summed E-state index contributed by atoms with van der Waals surface area (Å²) in [7, 11) is 2.18. The van der Waals surface area contributed by atoms with Gasteiger partial charge < -0.3 is 14.5 Å². The van der Waals surface area contributed by atoms with Crippen molar-refractivity contribution in [2.24, 2.45) is 5.92 Å². The summed E-state index contributed by atoms with van der Waals surface area (Å²) in [5.74, 6) is 1.62. The lowest BCUT2D eigenvalue weighted by molar-refractivity contribution is 0.0735. The highest BCUT2D eigenvalue weighted by Crippen LogP contribution is 2.26. The highest BCUT2D eigenvalue weighted by atomic mass is 16.5. The number of hydrogen-bond donors (Lipinski definition) is 0. The molecular formula is C27H30N2O2. The van der Waals surface area contributed by atoms with Crippen molar-refractivity contribution in [3.8, 4) is 5.75 Å². The number of benzene rings is 3. The number of likely N-dealkylation sites (tertiary alicyclic amines) is 1. The summed E-state index contributed by atoms with van der Waals surface area (Å²) in [5, 5.41) is 2.19. The van der Waals surface area contributed by atoms with Crippen LogP contribution in [0.15, 0.2) is 60.7 Å². The molecule has 31 heavy (non-hydrogen) atoms. The van der Waals surface area contributed by atoms with Crippen molar-refractivity contribution in [3.05, 3.63) is 77.4 Å². The highest BCUT2D eigenvalue weighted by molar-refractivity contribution is 5.99. The Hall–Kier alpha value is -2.85. The van der Waals surface area contributed by atoms with E-state index in [2.05, 4.69) is 48.3 Å². The van der Waals surface area contributed by atoms with Crippen LogP contribution in [0.2, 0.25) is 0 Å². The summed E-state index contributed by atoms with van der Waals surface area (Å²) in [6.45, 7) is 4.54. The van der Waals surface area contributed by atoms with Gasteiger partial charge in [0, 0.05) is 31.1 Å². The third kappa shape index (κ3) is 4.45. The molecule has 5 rings (SSSR count). The summed E-state index contributed by atoms with van der Waals surface area (Å²) in [4.78, 5) is 17.5. The summed E-state index contributed by atoms with van der Waals surface area (Å²) in [5.41, 5.74) is 3.37. The Morgan fingerprint density at radius 3 is 2.68 bits per heavy atom. The number of piperidine rings is 1. The van der Waals surface area contributed by atoms with Crippen LogP contribution in [0.1, 0.15) is 34.3 Å². The van der Waals surface area contributed by atoms with Gasteiger partial charge in [0.05, 0.1) is 6.61 Å². The van der Waals surface area contributed by atoms with Crippen LogP contribution in [0.4, 0.5) is 0 Å². The van der Waals surface area contributed by atoms with E-state index in [1.54, 1.807) is 0 Å². The lowest BCUT2D eigenvalue weighted by Crippen LogP contribution is -2.35. The second kappa shape index (κ2) is 8.72. The van der Waals surface area contributed by atoms with E-state index in [0.29, 0.717) is 12.5 Å². The van der Waals surface area contributed by atoms with Gasteiger partial charge in [0.25, 0.3) is 5.91 Å². The Morgan fingerprint density at radius 1 is 1.00 bits per heavy atom. The molecule has 2 heterocycles. The summed E-state index contributed by atoms with van der Waals surface area (Å²) in [6.07, 6.45) is 3.42. The van der Waals surface area contributed by atoms with Gasteiger partial charge in [-0.05, 0) is 79.0 Å². The van der Waals surface area contributed by atoms with Crippen LogP contribution in [-0.4, -0.2) is 49.0 Å². The zero-order valence-electron chi connectivity index (χ0n) is 18.2. The second-order valence-corrected chi connectivity index (χ2v) is 9.05. The molecule has 4 heteroatoms. The first-order valence-electron chi connectivity index (χ1n) is 11.4. The average molecular weight is 415 g/mol. The van der Waals surface area contributed by atoms with Gasteiger partial charge in [0.2, 0.25) is 0 Å². The van der Waals surface area contributed by atoms with Crippen molar-refractivity contribution < 1.29 is 9.53 Å². The molecule has 0 spiro atoms. The minimum atomic E-state index is 0.109. The molecule has 0 aliphatic carbocycles. The number of amides is 1. The first-order chi connectivity index (χ1) is 15.2. The maximum Gasteiger partial charge on any atom is 0.254 e. The first-order valence-corrected chi connectivity index (χ1v) is 11.4. The summed E-state index contributed by atoms with van der Waals surface area (Å²) in [6, 6.07) is 20.6. The Kier molecular flexibility index (Phi) is 5.65. The summed E-state index contributed by atoms with van der Waals surface area (Å²) >= 11 is 0. The van der Waals surface area contributed by atoms with Gasteiger partial charge in [-0.25, -0.2) is 0 Å². The molecule has 2 aliphatic rings. The van der Waals surface area contributed by atoms with Gasteiger partial charge in [-0.1, -0.05) is 36.4 Å². The van der Waals surface area contributed by atoms with Gasteiger partial charge in [-0.2, -0.15) is 0 Å². The van der Waals surface area contributed by atoms with E-state index in [-0.39, 0.29) is 5.91 Å². The van der Waals surface area contributed by atoms with Crippen molar-refractivity contribution in [1.29, 1.82) is 0 Å². The van der Waals surface area contributed by atoms with Crippen molar-refractivity contribution in [2.45, 2.75) is 25.8 Å². The van der Waals surface area contributed by atoms with Gasteiger partial charge in [-0.15, -0.1) is 0 Å². The predicted molar refractivity (Wildman–Crippen MR) is 125 cm³/mol. The zero-order valence-corrected chi connectivity index (χ0v) is 18.2. The van der Waals surface area contributed by atoms with Crippen LogP contribution in [-0.2, 0) is 13.0 Å². The molecule has 3 aromatic rings. The largest absolute Gasteiger partial charge is 0.493 e. The number of hydrogen-bond acceptors (Lipinski definition) is 3. The van der Waals surface area contributed by atoms with Crippen LogP contribution in [0.3, 0.4) is 0 Å². The van der Waals surface area contributed by atoms with Gasteiger partial charge in [0.15, 0.2) is 0 Å². The third-order valence-electron chi connectivity index (χ3n) is 6.68. The smallest absolute Gasteiger partial charge is 0.254 e. The molecule has 0 bridgehead atoms. The van der Waals surface area contributed by atoms with Crippen LogP contribution in [0.25, 0.3) is 10.8 Å². The van der Waals surface area contributed by atoms with Crippen molar-refractivity contribution >= 4 is 16.7 Å². The molecule has 2 aliphatic heterocycles. The molecule has 1 fully saturated rings.